The molecular weight excluding hydrogens is 531 g/mol. The van der Waals surface area contributed by atoms with Crippen molar-refractivity contribution < 1.29 is 159 Å². The van der Waals surface area contributed by atoms with Crippen molar-refractivity contribution in [3.63, 3.8) is 0 Å². The second kappa shape index (κ2) is 16.4. The summed E-state index contributed by atoms with van der Waals surface area (Å²) in [6.07, 6.45) is -4.05. The van der Waals surface area contributed by atoms with E-state index in [0.717, 1.165) is 0 Å². The molecule has 0 aromatic heterocycles. The van der Waals surface area contributed by atoms with Crippen molar-refractivity contribution in [3.8, 4) is 0 Å². The molecular formula is C12H18NNa3O15S2. The Bertz CT molecular complexity index is 854. The van der Waals surface area contributed by atoms with Crippen LogP contribution in [0.25, 0.3) is 0 Å². The van der Waals surface area contributed by atoms with E-state index in [2.05, 4.69) is 8.92 Å². The predicted molar refractivity (Wildman–Crippen MR) is 85.1 cm³/mol. The van der Waals surface area contributed by atoms with Gasteiger partial charge in [0.15, 0.2) is 16.6 Å². The molecule has 0 aromatic rings. The molecule has 3 heterocycles. The first-order chi connectivity index (χ1) is 13.2. The molecule has 2 saturated heterocycles. The second-order valence-corrected chi connectivity index (χ2v) is 8.18. The van der Waals surface area contributed by atoms with Crippen LogP contribution in [0.4, 0.5) is 0 Å². The van der Waals surface area contributed by atoms with Crippen LogP contribution in [-0.4, -0.2) is 97.6 Å². The van der Waals surface area contributed by atoms with E-state index in [-0.39, 0.29) is 107 Å². The summed E-state index contributed by atoms with van der Waals surface area (Å²) in [5.41, 5.74) is 0. The normalized spacial score (nSPS) is 30.2. The fraction of sp³-hybridized carbons (Fsp3) is 0.750. The van der Waals surface area contributed by atoms with E-state index >= 15 is 0 Å². The summed E-state index contributed by atoms with van der Waals surface area (Å²) in [5, 5.41) is 28.9. The molecule has 0 amide bonds. The van der Waals surface area contributed by atoms with Gasteiger partial charge in [-0.2, -0.15) is 0 Å². The predicted octanol–water partition coefficient (Wildman–Crippen LogP) is -15.0. The number of carboxylic acids is 1. The molecule has 3 aliphatic heterocycles. The standard InChI is InChI=1S/C6H11NO6S.C6H8O8S.3Na.H2O/c8-4-1-3-2-12-6(13-3)5(4)7-14(9,10)11;7-3-1-4(6(8)9)13-2-5(3)14-15(10,11)12;;;;/h3-8H,1-2H2,(H,9,10,11);1,3,5,7H,2H2,(H,8,9)(H,10,11,12);;;;1H2/q;;3*+1;/p-3/t3?,4-,5?,6-;3-,5?;;;;/m11..../s1. The van der Waals surface area contributed by atoms with E-state index in [1.807, 2.05) is 0 Å². The fourth-order valence-corrected chi connectivity index (χ4v) is 3.70. The van der Waals surface area contributed by atoms with E-state index in [1.165, 1.54) is 0 Å². The fourth-order valence-electron chi connectivity index (χ4n) is 2.62. The smallest absolute Gasteiger partial charge is 0.735 e. The van der Waals surface area contributed by atoms with Crippen LogP contribution < -0.4 is 98.5 Å². The minimum absolute atomic E-state index is 0. The number of aliphatic hydroxyl groups is 2. The number of carbonyl (C=O) groups is 1. The number of carboxylic acid groups (broad SMARTS) is 1. The van der Waals surface area contributed by atoms with Gasteiger partial charge in [0.2, 0.25) is 10.4 Å². The minimum atomic E-state index is -4.98. The third-order valence-electron chi connectivity index (χ3n) is 3.81. The number of ether oxygens (including phenoxy) is 3. The average molecular weight is 549 g/mol. The Morgan fingerprint density at radius 3 is 2.15 bits per heavy atom. The Morgan fingerprint density at radius 2 is 1.70 bits per heavy atom. The van der Waals surface area contributed by atoms with Crippen molar-refractivity contribution in [1.29, 1.82) is 0 Å². The molecule has 16 nitrogen and oxygen atoms in total. The molecule has 0 radical (unpaired) electrons. The molecule has 3 aliphatic rings. The summed E-state index contributed by atoms with van der Waals surface area (Å²) in [6, 6.07) is -1.00. The van der Waals surface area contributed by atoms with Gasteiger partial charge in [-0.1, -0.05) is 0 Å². The summed E-state index contributed by atoms with van der Waals surface area (Å²) in [7, 11) is -9.58. The quantitative estimate of drug-likeness (QED) is 0.163. The second-order valence-electron chi connectivity index (χ2n) is 6.02. The van der Waals surface area contributed by atoms with Crippen molar-refractivity contribution >= 4 is 26.7 Å². The first-order valence-corrected chi connectivity index (χ1v) is 10.6. The monoisotopic (exact) mass is 549 g/mol. The molecule has 3 rings (SSSR count). The topological polar surface area (TPSA) is 275 Å². The van der Waals surface area contributed by atoms with Gasteiger partial charge < -0.3 is 48.9 Å². The summed E-state index contributed by atoms with van der Waals surface area (Å²) in [4.78, 5) is 10.3. The minimum Gasteiger partial charge on any atom is -0.735 e. The number of fused-ring (bicyclic) bond motifs is 2. The van der Waals surface area contributed by atoms with Crippen LogP contribution in [0.2, 0.25) is 0 Å². The van der Waals surface area contributed by atoms with Gasteiger partial charge >= 0.3 is 88.7 Å². The van der Waals surface area contributed by atoms with Crippen molar-refractivity contribution in [2.24, 2.45) is 0 Å². The van der Waals surface area contributed by atoms with Crippen molar-refractivity contribution in [1.82, 2.24) is 4.72 Å². The maximum absolute atomic E-state index is 10.4. The molecule has 0 saturated carbocycles. The molecule has 33 heavy (non-hydrogen) atoms. The van der Waals surface area contributed by atoms with Gasteiger partial charge in [-0.3, -0.25) is 4.18 Å². The summed E-state index contributed by atoms with van der Waals surface area (Å²) in [5.74, 6) is -2.29. The number of hydrogen-bond acceptors (Lipinski definition) is 14. The molecule has 0 aliphatic carbocycles. The maximum Gasteiger partial charge on any atom is 1.00 e. The maximum atomic E-state index is 10.4. The number of hydrogen-bond donors (Lipinski definition) is 3. The Labute approximate surface area is 255 Å². The third-order valence-corrected chi connectivity index (χ3v) is 4.86. The van der Waals surface area contributed by atoms with Gasteiger partial charge in [-0.25, -0.2) is 21.6 Å². The molecule has 0 aromatic carbocycles. The van der Waals surface area contributed by atoms with E-state index in [0.29, 0.717) is 12.7 Å². The molecule has 6 atom stereocenters. The van der Waals surface area contributed by atoms with Crippen molar-refractivity contribution in [2.75, 3.05) is 13.2 Å². The van der Waals surface area contributed by atoms with Crippen LogP contribution in [0.15, 0.2) is 11.8 Å². The van der Waals surface area contributed by atoms with E-state index < -0.39 is 69.7 Å². The summed E-state index contributed by atoms with van der Waals surface area (Å²) >= 11 is 0. The molecule has 176 valence electrons. The van der Waals surface area contributed by atoms with Crippen molar-refractivity contribution in [3.05, 3.63) is 11.8 Å². The summed E-state index contributed by atoms with van der Waals surface area (Å²) in [6.45, 7) is -0.249. The largest absolute Gasteiger partial charge is 1.00 e. The van der Waals surface area contributed by atoms with Crippen LogP contribution >= 0.6 is 0 Å². The van der Waals surface area contributed by atoms with Gasteiger partial charge in [-0.05, 0) is 6.08 Å². The third kappa shape index (κ3) is 13.6. The zero-order chi connectivity index (χ0) is 22.0. The number of nitrogens with one attached hydrogen (secondary N) is 1. The van der Waals surface area contributed by atoms with Crippen LogP contribution in [0.1, 0.15) is 6.42 Å². The molecule has 3 unspecified atom stereocenters. The van der Waals surface area contributed by atoms with Crippen LogP contribution in [0.3, 0.4) is 0 Å². The molecule has 0 spiro atoms. The van der Waals surface area contributed by atoms with Gasteiger partial charge in [0.05, 0.1) is 24.9 Å². The number of aliphatic carboxylic acids is 1. The van der Waals surface area contributed by atoms with Crippen molar-refractivity contribution in [2.45, 2.75) is 43.2 Å². The molecule has 2 bridgehead atoms. The van der Waals surface area contributed by atoms with Gasteiger partial charge in [0, 0.05) is 6.42 Å². The number of aliphatic hydroxyl groups excluding tert-OH is 2. The Morgan fingerprint density at radius 1 is 1.12 bits per heavy atom. The number of rotatable bonds is 5. The van der Waals surface area contributed by atoms with Crippen LogP contribution in [0.5, 0.6) is 0 Å². The Kier molecular flexibility index (Phi) is 19.4. The average Bonchev–Trinajstić information content (AvgIpc) is 2.95. The Balaban J connectivity index is -0.000000487. The Hall–Kier alpha value is 1.55. The first kappa shape index (κ1) is 39.1. The molecule has 21 heteroatoms. The zero-order valence-electron chi connectivity index (χ0n) is 17.8. The first-order valence-electron chi connectivity index (χ1n) is 7.81. The van der Waals surface area contributed by atoms with Gasteiger partial charge in [0.1, 0.15) is 30.5 Å². The zero-order valence-corrected chi connectivity index (χ0v) is 25.4. The molecule has 5 N–H and O–H groups in total. The van der Waals surface area contributed by atoms with Gasteiger partial charge in [-0.15, -0.1) is 0 Å². The van der Waals surface area contributed by atoms with Crippen LogP contribution in [-0.2, 0) is 43.9 Å². The SMILES string of the molecule is O.O=C([O-])C1=C[C@@H](O)C(OS(=O)(=O)[O-])CO1.O=S(=O)([O-])NC1[C@@H]2OCC(C[C@H]1O)O2.[Na+].[Na+].[Na+]. The summed E-state index contributed by atoms with van der Waals surface area (Å²) < 4.78 is 82.2. The van der Waals surface area contributed by atoms with Crippen LogP contribution in [0, 0.1) is 0 Å². The van der Waals surface area contributed by atoms with E-state index in [9.17, 15) is 46.1 Å². The van der Waals surface area contributed by atoms with E-state index in [4.69, 9.17) is 9.47 Å². The van der Waals surface area contributed by atoms with E-state index in [1.54, 1.807) is 4.72 Å². The van der Waals surface area contributed by atoms with Gasteiger partial charge in [0.25, 0.3) is 0 Å². The molecule has 2 fully saturated rings. The number of carbonyl (C=O) groups excluding carboxylic acids is 1.